The van der Waals surface area contributed by atoms with Gasteiger partial charge < -0.3 is 10.1 Å². The van der Waals surface area contributed by atoms with Crippen molar-refractivity contribution >= 4 is 11.8 Å². The van der Waals surface area contributed by atoms with Crippen molar-refractivity contribution in [2.45, 2.75) is 6.23 Å². The Balaban J connectivity index is 1.80. The van der Waals surface area contributed by atoms with Gasteiger partial charge in [-0.2, -0.15) is 0 Å². The van der Waals surface area contributed by atoms with Gasteiger partial charge in [-0.1, -0.05) is 42.5 Å². The summed E-state index contributed by atoms with van der Waals surface area (Å²) >= 11 is 0. The van der Waals surface area contributed by atoms with Crippen LogP contribution in [0.5, 0.6) is 0 Å². The minimum atomic E-state index is -0.625. The van der Waals surface area contributed by atoms with Crippen LogP contribution < -0.4 is 5.32 Å². The molecule has 0 amide bonds. The highest BCUT2D eigenvalue weighted by atomic mass is 19.1. The molecule has 2 aromatic carbocycles. The number of hydrogen-bond donors (Lipinski definition) is 1. The molecule has 0 aromatic heterocycles. The third kappa shape index (κ3) is 2.88. The normalized spacial score (nSPS) is 18.9. The predicted molar refractivity (Wildman–Crippen MR) is 77.2 cm³/mol. The molecule has 1 fully saturated rings. The molecular weight excluding hydrogens is 285 g/mol. The van der Waals surface area contributed by atoms with E-state index in [1.165, 1.54) is 18.2 Å². The summed E-state index contributed by atoms with van der Waals surface area (Å²) in [5.74, 6) is -1.58. The maximum absolute atomic E-state index is 13.1. The first-order chi connectivity index (χ1) is 10.6. The summed E-state index contributed by atoms with van der Waals surface area (Å²) < 4.78 is 18.3. The Morgan fingerprint density at radius 2 is 1.91 bits per heavy atom. The van der Waals surface area contributed by atoms with Crippen LogP contribution >= 0.6 is 0 Å². The molecule has 1 aliphatic rings. The van der Waals surface area contributed by atoms with E-state index < -0.39 is 23.8 Å². The van der Waals surface area contributed by atoms with Crippen LogP contribution in [0.25, 0.3) is 0 Å². The summed E-state index contributed by atoms with van der Waals surface area (Å²) in [5, 5.41) is 2.85. The number of halogens is 1. The van der Waals surface area contributed by atoms with E-state index in [4.69, 9.17) is 4.74 Å². The number of ether oxygens (including phenoxy) is 1. The highest BCUT2D eigenvalue weighted by molar-refractivity contribution is 6.08. The molecule has 3 rings (SSSR count). The molecule has 0 bridgehead atoms. The Morgan fingerprint density at radius 3 is 2.64 bits per heavy atom. The van der Waals surface area contributed by atoms with E-state index in [2.05, 4.69) is 5.32 Å². The second-order valence-electron chi connectivity index (χ2n) is 4.77. The maximum atomic E-state index is 13.1. The Morgan fingerprint density at radius 1 is 1.14 bits per heavy atom. The first kappa shape index (κ1) is 14.0. The van der Waals surface area contributed by atoms with Gasteiger partial charge in [-0.25, -0.2) is 9.18 Å². The van der Waals surface area contributed by atoms with Crippen LogP contribution in [-0.4, -0.2) is 11.8 Å². The summed E-state index contributed by atoms with van der Waals surface area (Å²) in [6.45, 7) is 0. The fourth-order valence-electron chi connectivity index (χ4n) is 2.14. The van der Waals surface area contributed by atoms with Crippen molar-refractivity contribution in [3.8, 4) is 0 Å². The van der Waals surface area contributed by atoms with Gasteiger partial charge in [0.25, 0.3) is 0 Å². The maximum Gasteiger partial charge on any atom is 0.356 e. The Hall–Kier alpha value is -2.95. The first-order valence-corrected chi connectivity index (χ1v) is 6.67. The lowest BCUT2D eigenvalue weighted by Crippen LogP contribution is -2.14. The van der Waals surface area contributed by atoms with E-state index in [0.29, 0.717) is 0 Å². The SMILES string of the molecule is O=C1OC(c2ccccc2)N/C1=C\C(=O)c1cccc(F)c1. The van der Waals surface area contributed by atoms with E-state index in [0.717, 1.165) is 17.7 Å². The number of carbonyl (C=O) groups is 2. The number of esters is 1. The van der Waals surface area contributed by atoms with Gasteiger partial charge in [0, 0.05) is 17.2 Å². The monoisotopic (exact) mass is 297 g/mol. The third-order valence-electron chi connectivity index (χ3n) is 3.22. The van der Waals surface area contributed by atoms with Gasteiger partial charge in [0.15, 0.2) is 12.0 Å². The number of benzene rings is 2. The molecule has 1 atom stereocenters. The van der Waals surface area contributed by atoms with Gasteiger partial charge in [0.05, 0.1) is 0 Å². The molecule has 1 unspecified atom stereocenters. The van der Waals surface area contributed by atoms with Crippen molar-refractivity contribution in [3.05, 3.63) is 83.3 Å². The first-order valence-electron chi connectivity index (χ1n) is 6.67. The summed E-state index contributed by atoms with van der Waals surface area (Å²) in [6, 6.07) is 14.4. The van der Waals surface area contributed by atoms with Crippen molar-refractivity contribution in [1.82, 2.24) is 5.32 Å². The smallest absolute Gasteiger partial charge is 0.356 e. The lowest BCUT2D eigenvalue weighted by atomic mass is 10.1. The van der Waals surface area contributed by atoms with Crippen LogP contribution in [0.2, 0.25) is 0 Å². The minimum absolute atomic E-state index is 0.0584. The van der Waals surface area contributed by atoms with Crippen molar-refractivity contribution in [3.63, 3.8) is 0 Å². The molecule has 0 spiro atoms. The number of ketones is 1. The quantitative estimate of drug-likeness (QED) is 0.538. The van der Waals surface area contributed by atoms with E-state index in [1.807, 2.05) is 30.3 Å². The zero-order valence-corrected chi connectivity index (χ0v) is 11.5. The second kappa shape index (κ2) is 5.81. The standard InChI is InChI=1S/C17H12FNO3/c18-13-8-4-7-12(9-13)15(20)10-14-17(21)22-16(19-14)11-5-2-1-3-6-11/h1-10,16,19H/b14-10-. The fourth-order valence-corrected chi connectivity index (χ4v) is 2.14. The van der Waals surface area contributed by atoms with Gasteiger partial charge in [-0.15, -0.1) is 0 Å². The van der Waals surface area contributed by atoms with Crippen LogP contribution in [0, 0.1) is 5.82 Å². The average Bonchev–Trinajstić information content (AvgIpc) is 2.89. The molecule has 1 aliphatic heterocycles. The minimum Gasteiger partial charge on any atom is -0.433 e. The number of allylic oxidation sites excluding steroid dienone is 1. The van der Waals surface area contributed by atoms with Gasteiger partial charge in [0.1, 0.15) is 11.5 Å². The van der Waals surface area contributed by atoms with E-state index in [9.17, 15) is 14.0 Å². The fraction of sp³-hybridized carbons (Fsp3) is 0.0588. The highest BCUT2D eigenvalue weighted by Crippen LogP contribution is 2.23. The Kier molecular flexibility index (Phi) is 3.70. The Bertz CT molecular complexity index is 756. The van der Waals surface area contributed by atoms with Crippen LogP contribution in [0.1, 0.15) is 22.1 Å². The molecule has 0 radical (unpaired) electrons. The summed E-state index contributed by atoms with van der Waals surface area (Å²) in [4.78, 5) is 23.9. The van der Waals surface area contributed by atoms with Crippen LogP contribution in [0.15, 0.2) is 66.4 Å². The van der Waals surface area contributed by atoms with E-state index in [-0.39, 0.29) is 11.3 Å². The molecule has 1 heterocycles. The number of rotatable bonds is 3. The van der Waals surface area contributed by atoms with Crippen molar-refractivity contribution in [1.29, 1.82) is 0 Å². The van der Waals surface area contributed by atoms with Gasteiger partial charge >= 0.3 is 5.97 Å². The van der Waals surface area contributed by atoms with E-state index in [1.54, 1.807) is 0 Å². The van der Waals surface area contributed by atoms with Gasteiger partial charge in [-0.05, 0) is 12.1 Å². The highest BCUT2D eigenvalue weighted by Gasteiger charge is 2.29. The van der Waals surface area contributed by atoms with Crippen molar-refractivity contribution in [2.75, 3.05) is 0 Å². The van der Waals surface area contributed by atoms with Crippen LogP contribution in [0.3, 0.4) is 0 Å². The number of cyclic esters (lactones) is 1. The molecule has 4 nitrogen and oxygen atoms in total. The molecule has 0 saturated carbocycles. The third-order valence-corrected chi connectivity index (χ3v) is 3.22. The van der Waals surface area contributed by atoms with Crippen molar-refractivity contribution in [2.24, 2.45) is 0 Å². The topological polar surface area (TPSA) is 55.4 Å². The lowest BCUT2D eigenvalue weighted by Gasteiger charge is -2.08. The number of hydrogen-bond acceptors (Lipinski definition) is 4. The molecule has 110 valence electrons. The summed E-state index contributed by atoms with van der Waals surface area (Å²) in [7, 11) is 0. The summed E-state index contributed by atoms with van der Waals surface area (Å²) in [6.07, 6.45) is 0.500. The molecule has 5 heteroatoms. The molecule has 1 N–H and O–H groups in total. The van der Waals surface area contributed by atoms with Crippen LogP contribution in [0.4, 0.5) is 4.39 Å². The lowest BCUT2D eigenvalue weighted by molar-refractivity contribution is -0.139. The second-order valence-corrected chi connectivity index (χ2v) is 4.77. The molecular formula is C17H12FNO3. The number of nitrogens with one attached hydrogen (secondary N) is 1. The summed E-state index contributed by atoms with van der Waals surface area (Å²) in [5.41, 5.74) is 1.01. The molecule has 1 saturated heterocycles. The number of carbonyl (C=O) groups excluding carboxylic acids is 2. The van der Waals surface area contributed by atoms with E-state index >= 15 is 0 Å². The van der Waals surface area contributed by atoms with Crippen LogP contribution in [-0.2, 0) is 9.53 Å². The Labute approximate surface area is 126 Å². The average molecular weight is 297 g/mol. The predicted octanol–water partition coefficient (Wildman–Crippen LogP) is 2.74. The zero-order chi connectivity index (χ0) is 15.5. The van der Waals surface area contributed by atoms with Gasteiger partial charge in [0.2, 0.25) is 0 Å². The van der Waals surface area contributed by atoms with Gasteiger partial charge in [-0.3, -0.25) is 4.79 Å². The molecule has 22 heavy (non-hydrogen) atoms. The molecule has 0 aliphatic carbocycles. The largest absolute Gasteiger partial charge is 0.433 e. The zero-order valence-electron chi connectivity index (χ0n) is 11.5. The van der Waals surface area contributed by atoms with Crippen molar-refractivity contribution < 1.29 is 18.7 Å². The molecule has 2 aromatic rings.